The molecule has 0 aromatic carbocycles. The van der Waals surface area contributed by atoms with Crippen LogP contribution in [0.15, 0.2) is 0 Å². The van der Waals surface area contributed by atoms with Crippen LogP contribution in [0.1, 0.15) is 12.8 Å². The quantitative estimate of drug-likeness (QED) is 0.621. The normalized spacial score (nSPS) is 38.1. The van der Waals surface area contributed by atoms with Crippen molar-refractivity contribution < 1.29 is 19.4 Å². The third kappa shape index (κ3) is 1.28. The molecule has 2 aliphatic rings. The number of fused-ring (bicyclic) bond motifs is 1. The number of carbonyl (C=O) groups is 2. The minimum atomic E-state index is -1.04. The van der Waals surface area contributed by atoms with Crippen molar-refractivity contribution in [1.82, 2.24) is 4.90 Å². The molecule has 1 heterocycles. The van der Waals surface area contributed by atoms with Crippen molar-refractivity contribution in [2.24, 2.45) is 11.7 Å². The molecule has 0 spiro atoms. The van der Waals surface area contributed by atoms with Crippen molar-refractivity contribution in [3.8, 4) is 0 Å². The van der Waals surface area contributed by atoms with E-state index in [4.69, 9.17) is 10.8 Å². The number of ether oxygens (including phenoxy) is 1. The Hall–Kier alpha value is -1.30. The Morgan fingerprint density at radius 2 is 2.27 bits per heavy atom. The number of carboxylic acids is 1. The summed E-state index contributed by atoms with van der Waals surface area (Å²) in [4.78, 5) is 23.9. The van der Waals surface area contributed by atoms with Crippen LogP contribution in [0.2, 0.25) is 0 Å². The molecule has 1 aliphatic carbocycles. The molecule has 3 unspecified atom stereocenters. The van der Waals surface area contributed by atoms with Crippen LogP contribution in [0, 0.1) is 5.92 Å². The largest absolute Gasteiger partial charge is 0.479 e. The summed E-state index contributed by atoms with van der Waals surface area (Å²) in [6.07, 6.45) is 0.556. The summed E-state index contributed by atoms with van der Waals surface area (Å²) in [5, 5.41) is 9.15. The van der Waals surface area contributed by atoms with Crippen LogP contribution in [-0.2, 0) is 9.53 Å². The lowest BCUT2D eigenvalue weighted by molar-refractivity contribution is -0.146. The highest BCUT2D eigenvalue weighted by Crippen LogP contribution is 2.54. The van der Waals surface area contributed by atoms with Crippen LogP contribution in [0.4, 0.5) is 4.79 Å². The number of hydrogen-bond donors (Lipinski definition) is 2. The Bertz CT molecular complexity index is 319. The standard InChI is InChI=1S/C9H14N2O4/c1-15-8(14)11-4-6(10)2-5-3-9(5,11)7(12)13/h5-6H,2-4,10H2,1H3,(H,12,13). The highest BCUT2D eigenvalue weighted by molar-refractivity contribution is 5.88. The van der Waals surface area contributed by atoms with Gasteiger partial charge in [-0.1, -0.05) is 0 Å². The van der Waals surface area contributed by atoms with Crippen molar-refractivity contribution in [1.29, 1.82) is 0 Å². The Balaban J connectivity index is 2.25. The Kier molecular flexibility index (Phi) is 2.11. The van der Waals surface area contributed by atoms with Gasteiger partial charge in [0.15, 0.2) is 0 Å². The second kappa shape index (κ2) is 3.10. The van der Waals surface area contributed by atoms with Crippen molar-refractivity contribution in [3.63, 3.8) is 0 Å². The first kappa shape index (κ1) is 10.2. The van der Waals surface area contributed by atoms with Crippen LogP contribution in [0.3, 0.4) is 0 Å². The summed E-state index contributed by atoms with van der Waals surface area (Å²) >= 11 is 0. The maximum Gasteiger partial charge on any atom is 0.410 e. The van der Waals surface area contributed by atoms with E-state index >= 15 is 0 Å². The van der Waals surface area contributed by atoms with Crippen molar-refractivity contribution in [3.05, 3.63) is 0 Å². The summed E-state index contributed by atoms with van der Waals surface area (Å²) < 4.78 is 4.58. The molecular formula is C9H14N2O4. The monoisotopic (exact) mass is 214 g/mol. The van der Waals surface area contributed by atoms with Gasteiger partial charge in [-0.15, -0.1) is 0 Å². The summed E-state index contributed by atoms with van der Waals surface area (Å²) in [5.74, 6) is -0.970. The molecule has 6 nitrogen and oxygen atoms in total. The van der Waals surface area contributed by atoms with Gasteiger partial charge in [0.05, 0.1) is 7.11 Å². The third-order valence-corrected chi connectivity index (χ3v) is 3.32. The molecule has 1 saturated carbocycles. The van der Waals surface area contributed by atoms with Gasteiger partial charge in [0.25, 0.3) is 0 Å². The fraction of sp³-hybridized carbons (Fsp3) is 0.778. The number of carboxylic acid groups (broad SMARTS) is 1. The zero-order chi connectivity index (χ0) is 11.2. The molecule has 2 fully saturated rings. The molecule has 0 aromatic rings. The predicted molar refractivity (Wildman–Crippen MR) is 50.2 cm³/mol. The van der Waals surface area contributed by atoms with Crippen LogP contribution >= 0.6 is 0 Å². The molecule has 3 atom stereocenters. The van der Waals surface area contributed by atoms with E-state index in [2.05, 4.69) is 4.74 Å². The number of carbonyl (C=O) groups excluding carboxylic acids is 1. The van der Waals surface area contributed by atoms with E-state index in [-0.39, 0.29) is 18.5 Å². The molecule has 1 aliphatic heterocycles. The topological polar surface area (TPSA) is 92.9 Å². The average Bonchev–Trinajstić information content (AvgIpc) is 2.90. The summed E-state index contributed by atoms with van der Waals surface area (Å²) in [6, 6.07) is -0.149. The molecule has 2 rings (SSSR count). The highest BCUT2D eigenvalue weighted by atomic mass is 16.5. The Morgan fingerprint density at radius 3 is 2.80 bits per heavy atom. The molecule has 3 N–H and O–H groups in total. The molecular weight excluding hydrogens is 200 g/mol. The summed E-state index contributed by atoms with van der Waals surface area (Å²) in [7, 11) is 1.25. The zero-order valence-corrected chi connectivity index (χ0v) is 8.47. The van der Waals surface area contributed by atoms with Gasteiger partial charge in [-0.25, -0.2) is 9.59 Å². The van der Waals surface area contributed by atoms with E-state index in [9.17, 15) is 9.59 Å². The maximum atomic E-state index is 11.4. The van der Waals surface area contributed by atoms with Gasteiger partial charge < -0.3 is 15.6 Å². The van der Waals surface area contributed by atoms with Gasteiger partial charge in [-0.2, -0.15) is 0 Å². The summed E-state index contributed by atoms with van der Waals surface area (Å²) in [6.45, 7) is 0.259. The lowest BCUT2D eigenvalue weighted by Crippen LogP contribution is -2.56. The second-order valence-electron chi connectivity index (χ2n) is 4.21. The summed E-state index contributed by atoms with van der Waals surface area (Å²) in [5.41, 5.74) is 4.71. The zero-order valence-electron chi connectivity index (χ0n) is 8.47. The molecule has 0 aromatic heterocycles. The van der Waals surface area contributed by atoms with E-state index in [1.54, 1.807) is 0 Å². The highest BCUT2D eigenvalue weighted by Gasteiger charge is 2.68. The smallest absolute Gasteiger partial charge is 0.410 e. The van der Waals surface area contributed by atoms with E-state index < -0.39 is 17.6 Å². The Labute approximate surface area is 87.0 Å². The van der Waals surface area contributed by atoms with Crippen LogP contribution < -0.4 is 5.73 Å². The molecule has 6 heteroatoms. The number of nitrogens with two attached hydrogens (primary N) is 1. The number of amides is 1. The van der Waals surface area contributed by atoms with Gasteiger partial charge in [0, 0.05) is 12.6 Å². The third-order valence-electron chi connectivity index (χ3n) is 3.32. The first-order valence-corrected chi connectivity index (χ1v) is 4.87. The van der Waals surface area contributed by atoms with Gasteiger partial charge >= 0.3 is 12.1 Å². The van der Waals surface area contributed by atoms with E-state index in [0.717, 1.165) is 0 Å². The number of likely N-dealkylation sites (tertiary alicyclic amines) is 1. The molecule has 15 heavy (non-hydrogen) atoms. The van der Waals surface area contributed by atoms with E-state index in [1.807, 2.05) is 0 Å². The first-order valence-electron chi connectivity index (χ1n) is 4.87. The van der Waals surface area contributed by atoms with Gasteiger partial charge in [0.2, 0.25) is 0 Å². The molecule has 0 bridgehead atoms. The minimum absolute atomic E-state index is 0.0159. The number of nitrogens with zero attached hydrogens (tertiary/aromatic N) is 1. The van der Waals surface area contributed by atoms with Crippen molar-refractivity contribution in [2.45, 2.75) is 24.4 Å². The van der Waals surface area contributed by atoms with Crippen molar-refractivity contribution in [2.75, 3.05) is 13.7 Å². The maximum absolute atomic E-state index is 11.4. The first-order chi connectivity index (χ1) is 7.02. The fourth-order valence-electron chi connectivity index (χ4n) is 2.49. The number of methoxy groups -OCH3 is 1. The van der Waals surface area contributed by atoms with Crippen LogP contribution in [-0.4, -0.2) is 47.3 Å². The number of rotatable bonds is 1. The predicted octanol–water partition coefficient (Wildman–Crippen LogP) is -0.371. The van der Waals surface area contributed by atoms with Gasteiger partial charge in [-0.05, 0) is 18.8 Å². The average molecular weight is 214 g/mol. The number of piperidine rings is 1. The molecule has 1 amide bonds. The second-order valence-corrected chi connectivity index (χ2v) is 4.21. The number of aliphatic carboxylic acids is 1. The molecule has 1 saturated heterocycles. The van der Waals surface area contributed by atoms with Crippen LogP contribution in [0.5, 0.6) is 0 Å². The van der Waals surface area contributed by atoms with E-state index in [1.165, 1.54) is 12.0 Å². The SMILES string of the molecule is COC(=O)N1CC(N)CC2CC21C(=O)O. The van der Waals surface area contributed by atoms with Crippen LogP contribution in [0.25, 0.3) is 0 Å². The lowest BCUT2D eigenvalue weighted by atomic mass is 9.99. The molecule has 0 radical (unpaired) electrons. The van der Waals surface area contributed by atoms with Crippen molar-refractivity contribution >= 4 is 12.1 Å². The fourth-order valence-corrected chi connectivity index (χ4v) is 2.49. The van der Waals surface area contributed by atoms with Gasteiger partial charge in [-0.3, -0.25) is 4.90 Å². The number of hydrogen-bond acceptors (Lipinski definition) is 4. The lowest BCUT2D eigenvalue weighted by Gasteiger charge is -2.35. The van der Waals surface area contributed by atoms with E-state index in [0.29, 0.717) is 12.8 Å². The van der Waals surface area contributed by atoms with Gasteiger partial charge in [0.1, 0.15) is 5.54 Å². The Morgan fingerprint density at radius 1 is 1.60 bits per heavy atom. The molecule has 84 valence electrons. The minimum Gasteiger partial charge on any atom is -0.479 e.